The van der Waals surface area contributed by atoms with Crippen LogP contribution in [0.4, 0.5) is 0 Å². The molecule has 0 spiro atoms. The summed E-state index contributed by atoms with van der Waals surface area (Å²) >= 11 is 0. The maximum atomic E-state index is 5.54. The molecular weight excluding hydrogens is 204 g/mol. The van der Waals surface area contributed by atoms with Crippen LogP contribution in [0.2, 0.25) is 0 Å². The Morgan fingerprint density at radius 1 is 1.00 bits per heavy atom. The lowest BCUT2D eigenvalue weighted by molar-refractivity contribution is 0.0835. The average molecular weight is 222 g/mol. The Labute approximate surface area is 95.4 Å². The second kappa shape index (κ2) is 4.53. The van der Waals surface area contributed by atoms with Gasteiger partial charge >= 0.3 is 0 Å². The van der Waals surface area contributed by atoms with E-state index >= 15 is 0 Å². The number of ether oxygens (including phenoxy) is 1. The van der Waals surface area contributed by atoms with E-state index in [2.05, 4.69) is 10.1 Å². The molecular formula is C12H18N2O2. The molecule has 0 aromatic carbocycles. The van der Waals surface area contributed by atoms with Gasteiger partial charge in [0.05, 0.1) is 0 Å². The second-order valence-electron chi connectivity index (χ2n) is 4.83. The van der Waals surface area contributed by atoms with Crippen LogP contribution in [-0.4, -0.2) is 16.7 Å². The maximum absolute atomic E-state index is 5.54. The van der Waals surface area contributed by atoms with Gasteiger partial charge in [0.1, 0.15) is 6.10 Å². The zero-order chi connectivity index (χ0) is 10.8. The van der Waals surface area contributed by atoms with E-state index in [1.165, 1.54) is 32.1 Å². The third kappa shape index (κ3) is 1.98. The standard InChI is InChI=1S/C12H18N2O2/c1-2-5-9(6-3-1)11-13-12(16-14-11)10-7-4-8-15-10/h9-10H,1-8H2/t10-/m1/s1. The minimum atomic E-state index is 0.0600. The van der Waals surface area contributed by atoms with E-state index in [1.54, 1.807) is 0 Å². The molecule has 3 rings (SSSR count). The van der Waals surface area contributed by atoms with E-state index in [0.717, 1.165) is 25.3 Å². The zero-order valence-electron chi connectivity index (χ0n) is 9.52. The van der Waals surface area contributed by atoms with Crippen molar-refractivity contribution in [3.05, 3.63) is 11.7 Å². The van der Waals surface area contributed by atoms with Gasteiger partial charge in [-0.3, -0.25) is 0 Å². The predicted octanol–water partition coefficient (Wildman–Crippen LogP) is 2.97. The Kier molecular flexibility index (Phi) is 2.91. The van der Waals surface area contributed by atoms with Crippen molar-refractivity contribution < 1.29 is 9.26 Å². The van der Waals surface area contributed by atoms with Gasteiger partial charge in [-0.2, -0.15) is 4.98 Å². The first-order valence-corrected chi connectivity index (χ1v) is 6.38. The molecule has 2 fully saturated rings. The smallest absolute Gasteiger partial charge is 0.255 e. The zero-order valence-corrected chi connectivity index (χ0v) is 9.52. The molecule has 0 radical (unpaired) electrons. The number of hydrogen-bond donors (Lipinski definition) is 0. The van der Waals surface area contributed by atoms with Gasteiger partial charge in [0.15, 0.2) is 5.82 Å². The highest BCUT2D eigenvalue weighted by Crippen LogP contribution is 2.33. The van der Waals surface area contributed by atoms with E-state index in [-0.39, 0.29) is 6.10 Å². The molecule has 2 aliphatic rings. The topological polar surface area (TPSA) is 48.2 Å². The van der Waals surface area contributed by atoms with Gasteiger partial charge in [-0.25, -0.2) is 0 Å². The molecule has 88 valence electrons. The predicted molar refractivity (Wildman–Crippen MR) is 58.1 cm³/mol. The maximum Gasteiger partial charge on any atom is 0.255 e. The SMILES string of the molecule is C1CCC(c2noc([C@H]3CCCO3)n2)CC1. The van der Waals surface area contributed by atoms with Gasteiger partial charge in [0, 0.05) is 12.5 Å². The highest BCUT2D eigenvalue weighted by molar-refractivity contribution is 4.99. The van der Waals surface area contributed by atoms with Crippen LogP contribution in [0.1, 0.15) is 68.7 Å². The van der Waals surface area contributed by atoms with Gasteiger partial charge in [-0.1, -0.05) is 24.4 Å². The van der Waals surface area contributed by atoms with Crippen LogP contribution in [0.3, 0.4) is 0 Å². The van der Waals surface area contributed by atoms with E-state index in [4.69, 9.17) is 9.26 Å². The number of nitrogens with zero attached hydrogens (tertiary/aromatic N) is 2. The van der Waals surface area contributed by atoms with Gasteiger partial charge < -0.3 is 9.26 Å². The lowest BCUT2D eigenvalue weighted by atomic mass is 9.89. The summed E-state index contributed by atoms with van der Waals surface area (Å²) in [6, 6.07) is 0. The first kappa shape index (κ1) is 10.3. The van der Waals surface area contributed by atoms with E-state index < -0.39 is 0 Å². The normalized spacial score (nSPS) is 27.4. The molecule has 1 aromatic rings. The molecule has 1 atom stereocenters. The molecule has 4 nitrogen and oxygen atoms in total. The molecule has 0 unspecified atom stereocenters. The van der Waals surface area contributed by atoms with Crippen molar-refractivity contribution >= 4 is 0 Å². The molecule has 1 aliphatic heterocycles. The van der Waals surface area contributed by atoms with Crippen molar-refractivity contribution in [1.82, 2.24) is 10.1 Å². The van der Waals surface area contributed by atoms with Crippen LogP contribution in [0.5, 0.6) is 0 Å². The van der Waals surface area contributed by atoms with Gasteiger partial charge in [0.2, 0.25) is 0 Å². The van der Waals surface area contributed by atoms with Crippen LogP contribution in [0.15, 0.2) is 4.52 Å². The van der Waals surface area contributed by atoms with E-state index in [0.29, 0.717) is 11.8 Å². The quantitative estimate of drug-likeness (QED) is 0.771. The fraction of sp³-hybridized carbons (Fsp3) is 0.833. The van der Waals surface area contributed by atoms with Crippen molar-refractivity contribution in [3.8, 4) is 0 Å². The van der Waals surface area contributed by atoms with Gasteiger partial charge in [-0.15, -0.1) is 0 Å². The highest BCUT2D eigenvalue weighted by Gasteiger charge is 2.26. The average Bonchev–Trinajstić information content (AvgIpc) is 3.01. The fourth-order valence-corrected chi connectivity index (χ4v) is 2.68. The van der Waals surface area contributed by atoms with Crippen molar-refractivity contribution in [2.75, 3.05) is 6.61 Å². The van der Waals surface area contributed by atoms with Gasteiger partial charge in [-0.05, 0) is 25.7 Å². The Morgan fingerprint density at radius 3 is 2.62 bits per heavy atom. The number of aromatic nitrogens is 2. The van der Waals surface area contributed by atoms with Crippen molar-refractivity contribution in [1.29, 1.82) is 0 Å². The summed E-state index contributed by atoms with van der Waals surface area (Å²) in [5.74, 6) is 2.12. The van der Waals surface area contributed by atoms with Crippen LogP contribution < -0.4 is 0 Å². The Balaban J connectivity index is 1.71. The summed E-state index contributed by atoms with van der Waals surface area (Å²) in [6.07, 6.45) is 8.56. The summed E-state index contributed by atoms with van der Waals surface area (Å²) in [5.41, 5.74) is 0. The molecule has 1 saturated carbocycles. The molecule has 0 bridgehead atoms. The molecule has 2 heterocycles. The minimum absolute atomic E-state index is 0.0600. The van der Waals surface area contributed by atoms with Crippen molar-refractivity contribution in [2.45, 2.75) is 57.0 Å². The summed E-state index contributed by atoms with van der Waals surface area (Å²) < 4.78 is 10.9. The Morgan fingerprint density at radius 2 is 1.88 bits per heavy atom. The number of hydrogen-bond acceptors (Lipinski definition) is 4. The molecule has 1 aliphatic carbocycles. The van der Waals surface area contributed by atoms with Crippen LogP contribution in [0, 0.1) is 0 Å². The van der Waals surface area contributed by atoms with Crippen LogP contribution in [0.25, 0.3) is 0 Å². The Bertz CT molecular complexity index is 339. The monoisotopic (exact) mass is 222 g/mol. The lowest BCUT2D eigenvalue weighted by Gasteiger charge is -2.17. The third-order valence-electron chi connectivity index (χ3n) is 3.63. The highest BCUT2D eigenvalue weighted by atomic mass is 16.5. The summed E-state index contributed by atoms with van der Waals surface area (Å²) in [5, 5.41) is 4.12. The van der Waals surface area contributed by atoms with Crippen molar-refractivity contribution in [2.24, 2.45) is 0 Å². The molecule has 0 amide bonds. The summed E-state index contributed by atoms with van der Waals surface area (Å²) in [4.78, 5) is 4.51. The first-order chi connectivity index (χ1) is 7.93. The molecule has 4 heteroatoms. The van der Waals surface area contributed by atoms with E-state index in [9.17, 15) is 0 Å². The van der Waals surface area contributed by atoms with Gasteiger partial charge in [0.25, 0.3) is 5.89 Å². The van der Waals surface area contributed by atoms with Crippen LogP contribution in [-0.2, 0) is 4.74 Å². The molecule has 1 saturated heterocycles. The third-order valence-corrected chi connectivity index (χ3v) is 3.63. The lowest BCUT2D eigenvalue weighted by Crippen LogP contribution is -2.06. The van der Waals surface area contributed by atoms with E-state index in [1.807, 2.05) is 0 Å². The second-order valence-corrected chi connectivity index (χ2v) is 4.83. The molecule has 16 heavy (non-hydrogen) atoms. The summed E-state index contributed by atoms with van der Waals surface area (Å²) in [6.45, 7) is 0.825. The Hall–Kier alpha value is -0.900. The largest absolute Gasteiger partial charge is 0.368 e. The molecule has 1 aromatic heterocycles. The van der Waals surface area contributed by atoms with Crippen LogP contribution >= 0.6 is 0 Å². The van der Waals surface area contributed by atoms with Crippen molar-refractivity contribution in [3.63, 3.8) is 0 Å². The summed E-state index contributed by atoms with van der Waals surface area (Å²) in [7, 11) is 0. The molecule has 0 N–H and O–H groups in total. The minimum Gasteiger partial charge on any atom is -0.368 e. The number of rotatable bonds is 2. The fourth-order valence-electron chi connectivity index (χ4n) is 2.68. The first-order valence-electron chi connectivity index (χ1n) is 6.38.